The summed E-state index contributed by atoms with van der Waals surface area (Å²) in [4.78, 5) is 18.8. The minimum absolute atomic E-state index is 0.0698. The first kappa shape index (κ1) is 16.2. The normalized spacial score (nSPS) is 27.9. The summed E-state index contributed by atoms with van der Waals surface area (Å²) >= 11 is 0. The molecule has 0 spiro atoms. The van der Waals surface area contributed by atoms with Crippen molar-refractivity contribution < 1.29 is 14.3 Å². The lowest BCUT2D eigenvalue weighted by molar-refractivity contribution is -0.00546. The first-order valence-corrected chi connectivity index (χ1v) is 8.34. The Bertz CT molecular complexity index is 518. The molecule has 0 radical (unpaired) electrons. The quantitative estimate of drug-likeness (QED) is 0.910. The second-order valence-corrected chi connectivity index (χ2v) is 6.51. The molecule has 1 amide bonds. The van der Waals surface area contributed by atoms with Crippen molar-refractivity contribution in [3.05, 3.63) is 23.9 Å². The Morgan fingerprint density at radius 1 is 1.35 bits per heavy atom. The number of carbonyl (C=O) groups excluding carboxylic acids is 1. The molecule has 0 aromatic carbocycles. The molecule has 3 atom stereocenters. The summed E-state index contributed by atoms with van der Waals surface area (Å²) in [6, 6.07) is 3.76. The van der Waals surface area contributed by atoms with E-state index in [-0.39, 0.29) is 18.1 Å². The number of anilines is 1. The molecule has 1 aromatic rings. The average Bonchev–Trinajstić information content (AvgIpc) is 3.05. The molecule has 6 nitrogen and oxygen atoms in total. The largest absolute Gasteiger partial charge is 0.381 e. The lowest BCUT2D eigenvalue weighted by Crippen LogP contribution is -2.45. The van der Waals surface area contributed by atoms with E-state index in [4.69, 9.17) is 9.47 Å². The standard InChI is InChI=1S/C17H25N3O3/c1-12-9-20(10-13(2)23-12)16-4-3-15(8-18-16)17(21)19-7-14-5-6-22-11-14/h3-4,8,12-14H,5-7,9-11H2,1-2H3,(H,19,21). The lowest BCUT2D eigenvalue weighted by Gasteiger charge is -2.36. The van der Waals surface area contributed by atoms with E-state index in [9.17, 15) is 4.79 Å². The van der Waals surface area contributed by atoms with Crippen LogP contribution in [0.25, 0.3) is 0 Å². The molecule has 2 aliphatic rings. The number of hydrogen-bond donors (Lipinski definition) is 1. The fourth-order valence-corrected chi connectivity index (χ4v) is 3.16. The van der Waals surface area contributed by atoms with Crippen molar-refractivity contribution in [3.63, 3.8) is 0 Å². The van der Waals surface area contributed by atoms with Gasteiger partial charge < -0.3 is 19.7 Å². The maximum Gasteiger partial charge on any atom is 0.252 e. The summed E-state index contributed by atoms with van der Waals surface area (Å²) in [5.74, 6) is 1.26. The summed E-state index contributed by atoms with van der Waals surface area (Å²) in [5.41, 5.74) is 0.599. The van der Waals surface area contributed by atoms with Crippen LogP contribution in [0.15, 0.2) is 18.3 Å². The van der Waals surface area contributed by atoms with E-state index in [0.717, 1.165) is 38.5 Å². The fourth-order valence-electron chi connectivity index (χ4n) is 3.16. The number of amides is 1. The van der Waals surface area contributed by atoms with Gasteiger partial charge in [-0.15, -0.1) is 0 Å². The molecule has 0 saturated carbocycles. The summed E-state index contributed by atoms with van der Waals surface area (Å²) in [6.45, 7) is 7.99. The third-order valence-corrected chi connectivity index (χ3v) is 4.33. The lowest BCUT2D eigenvalue weighted by atomic mass is 10.1. The maximum absolute atomic E-state index is 12.2. The molecule has 2 aliphatic heterocycles. The molecular weight excluding hydrogens is 294 g/mol. The van der Waals surface area contributed by atoms with Crippen molar-refractivity contribution in [2.75, 3.05) is 37.7 Å². The van der Waals surface area contributed by atoms with Crippen LogP contribution in [0.5, 0.6) is 0 Å². The topological polar surface area (TPSA) is 63.7 Å². The van der Waals surface area contributed by atoms with Gasteiger partial charge >= 0.3 is 0 Å². The van der Waals surface area contributed by atoms with E-state index < -0.39 is 0 Å². The number of carbonyl (C=O) groups is 1. The second kappa shape index (κ2) is 7.27. The zero-order valence-corrected chi connectivity index (χ0v) is 13.8. The zero-order valence-electron chi connectivity index (χ0n) is 13.8. The van der Waals surface area contributed by atoms with Crippen LogP contribution < -0.4 is 10.2 Å². The SMILES string of the molecule is CC1CN(c2ccc(C(=O)NCC3CCOC3)cn2)CC(C)O1. The number of aromatic nitrogens is 1. The van der Waals surface area contributed by atoms with Gasteiger partial charge in [-0.1, -0.05) is 0 Å². The Hall–Kier alpha value is -1.66. The molecule has 2 fully saturated rings. The van der Waals surface area contributed by atoms with Crippen LogP contribution in [0.1, 0.15) is 30.6 Å². The van der Waals surface area contributed by atoms with Crippen molar-refractivity contribution in [3.8, 4) is 0 Å². The van der Waals surface area contributed by atoms with E-state index in [1.54, 1.807) is 6.20 Å². The number of pyridine rings is 1. The molecule has 0 bridgehead atoms. The highest BCUT2D eigenvalue weighted by Crippen LogP contribution is 2.18. The van der Waals surface area contributed by atoms with Gasteiger partial charge in [-0.2, -0.15) is 0 Å². The van der Waals surface area contributed by atoms with Crippen LogP contribution in [0.3, 0.4) is 0 Å². The summed E-state index contributed by atoms with van der Waals surface area (Å²) in [5, 5.41) is 2.96. The Morgan fingerprint density at radius 3 is 2.74 bits per heavy atom. The predicted octanol–water partition coefficient (Wildman–Crippen LogP) is 1.46. The van der Waals surface area contributed by atoms with Crippen LogP contribution in [0, 0.1) is 5.92 Å². The van der Waals surface area contributed by atoms with E-state index in [1.807, 2.05) is 12.1 Å². The van der Waals surface area contributed by atoms with Gasteiger partial charge in [0.1, 0.15) is 5.82 Å². The second-order valence-electron chi connectivity index (χ2n) is 6.51. The predicted molar refractivity (Wildman–Crippen MR) is 87.7 cm³/mol. The zero-order chi connectivity index (χ0) is 16.2. The highest BCUT2D eigenvalue weighted by atomic mass is 16.5. The molecule has 3 unspecified atom stereocenters. The minimum Gasteiger partial charge on any atom is -0.381 e. The van der Waals surface area contributed by atoms with Gasteiger partial charge in [0.25, 0.3) is 5.91 Å². The summed E-state index contributed by atoms with van der Waals surface area (Å²) < 4.78 is 11.1. The number of nitrogens with one attached hydrogen (secondary N) is 1. The molecule has 3 rings (SSSR count). The minimum atomic E-state index is -0.0698. The van der Waals surface area contributed by atoms with Crippen molar-refractivity contribution >= 4 is 11.7 Å². The number of morpholine rings is 1. The molecule has 2 saturated heterocycles. The van der Waals surface area contributed by atoms with Crippen molar-refractivity contribution in [1.29, 1.82) is 0 Å². The average molecular weight is 319 g/mol. The van der Waals surface area contributed by atoms with Crippen molar-refractivity contribution in [1.82, 2.24) is 10.3 Å². The number of rotatable bonds is 4. The van der Waals surface area contributed by atoms with Crippen LogP contribution in [0.2, 0.25) is 0 Å². The fraction of sp³-hybridized carbons (Fsp3) is 0.647. The molecular formula is C17H25N3O3. The first-order chi connectivity index (χ1) is 11.1. The van der Waals surface area contributed by atoms with Crippen LogP contribution in [-0.2, 0) is 9.47 Å². The van der Waals surface area contributed by atoms with Gasteiger partial charge in [-0.25, -0.2) is 4.98 Å². The Labute approximate surface area is 137 Å². The van der Waals surface area contributed by atoms with Crippen LogP contribution >= 0.6 is 0 Å². The first-order valence-electron chi connectivity index (χ1n) is 8.34. The highest BCUT2D eigenvalue weighted by Gasteiger charge is 2.23. The van der Waals surface area contributed by atoms with Crippen LogP contribution in [0.4, 0.5) is 5.82 Å². The van der Waals surface area contributed by atoms with Gasteiger partial charge in [0, 0.05) is 38.4 Å². The summed E-state index contributed by atoms with van der Waals surface area (Å²) in [6.07, 6.45) is 3.06. The van der Waals surface area contributed by atoms with E-state index in [2.05, 4.69) is 29.0 Å². The van der Waals surface area contributed by atoms with E-state index in [0.29, 0.717) is 18.0 Å². The Kier molecular flexibility index (Phi) is 5.13. The molecule has 126 valence electrons. The smallest absolute Gasteiger partial charge is 0.252 e. The van der Waals surface area contributed by atoms with Gasteiger partial charge in [0.15, 0.2) is 0 Å². The van der Waals surface area contributed by atoms with Gasteiger partial charge in [0.2, 0.25) is 0 Å². The third-order valence-electron chi connectivity index (χ3n) is 4.33. The number of nitrogens with zero attached hydrogens (tertiary/aromatic N) is 2. The molecule has 1 aromatic heterocycles. The molecule has 3 heterocycles. The van der Waals surface area contributed by atoms with Gasteiger partial charge in [0.05, 0.1) is 24.4 Å². The summed E-state index contributed by atoms with van der Waals surface area (Å²) in [7, 11) is 0. The Morgan fingerprint density at radius 2 is 2.13 bits per heavy atom. The Balaban J connectivity index is 1.56. The van der Waals surface area contributed by atoms with Crippen LogP contribution in [-0.4, -0.2) is 55.9 Å². The van der Waals surface area contributed by atoms with Gasteiger partial charge in [-0.3, -0.25) is 4.79 Å². The van der Waals surface area contributed by atoms with E-state index >= 15 is 0 Å². The van der Waals surface area contributed by atoms with Gasteiger partial charge in [-0.05, 0) is 32.4 Å². The van der Waals surface area contributed by atoms with E-state index in [1.165, 1.54) is 0 Å². The molecule has 1 N–H and O–H groups in total. The molecule has 0 aliphatic carbocycles. The molecule has 23 heavy (non-hydrogen) atoms. The third kappa shape index (κ3) is 4.20. The number of ether oxygens (including phenoxy) is 2. The van der Waals surface area contributed by atoms with Crippen molar-refractivity contribution in [2.45, 2.75) is 32.5 Å². The number of hydrogen-bond acceptors (Lipinski definition) is 5. The highest BCUT2D eigenvalue weighted by molar-refractivity contribution is 5.94. The maximum atomic E-state index is 12.2. The van der Waals surface area contributed by atoms with Crippen molar-refractivity contribution in [2.24, 2.45) is 5.92 Å². The molecule has 6 heteroatoms. The monoisotopic (exact) mass is 319 g/mol.